The van der Waals surface area contributed by atoms with E-state index < -0.39 is 11.7 Å². The Kier molecular flexibility index (Phi) is 8.42. The fraction of sp³-hybridized carbons (Fsp3) is 0.571. The highest BCUT2D eigenvalue weighted by Gasteiger charge is 2.32. The molecule has 1 atom stereocenters. The first-order valence-electron chi connectivity index (χ1n) is 11.0. The molecular formula is C21H28F3N7O3. The topological polar surface area (TPSA) is 116 Å². The molecule has 10 nitrogen and oxygen atoms in total. The molecule has 1 aliphatic heterocycles. The number of nitrogens with zero attached hydrogens (tertiary/aromatic N) is 5. The normalized spacial score (nSPS) is 15.3. The summed E-state index contributed by atoms with van der Waals surface area (Å²) in [5.74, 6) is 0.163. The maximum absolute atomic E-state index is 12.7. The number of carbonyl (C=O) groups is 1. The Morgan fingerprint density at radius 2 is 1.88 bits per heavy atom. The Morgan fingerprint density at radius 1 is 1.21 bits per heavy atom. The van der Waals surface area contributed by atoms with Crippen LogP contribution in [0.3, 0.4) is 0 Å². The molecule has 0 spiro atoms. The van der Waals surface area contributed by atoms with Gasteiger partial charge in [0, 0.05) is 50.2 Å². The van der Waals surface area contributed by atoms with E-state index in [1.807, 2.05) is 6.92 Å². The zero-order valence-electron chi connectivity index (χ0n) is 19.1. The number of ether oxygens (including phenoxy) is 1. The number of alkyl halides is 3. The molecule has 2 N–H and O–H groups in total. The summed E-state index contributed by atoms with van der Waals surface area (Å²) in [5, 5.41) is 9.41. The van der Waals surface area contributed by atoms with Gasteiger partial charge in [-0.15, -0.1) is 0 Å². The summed E-state index contributed by atoms with van der Waals surface area (Å²) in [5.41, 5.74) is 0.0424. The molecule has 0 radical (unpaired) electrons. The number of nitrogens with one attached hydrogen (secondary N) is 2. The lowest BCUT2D eigenvalue weighted by Crippen LogP contribution is -2.49. The summed E-state index contributed by atoms with van der Waals surface area (Å²) >= 11 is 0. The van der Waals surface area contributed by atoms with Crippen LogP contribution in [0.1, 0.15) is 30.9 Å². The van der Waals surface area contributed by atoms with Gasteiger partial charge < -0.3 is 19.9 Å². The van der Waals surface area contributed by atoms with Crippen LogP contribution < -0.4 is 15.8 Å². The smallest absolute Gasteiger partial charge is 0.379 e. The number of H-pyrrole nitrogens is 1. The highest BCUT2D eigenvalue weighted by molar-refractivity contribution is 5.76. The van der Waals surface area contributed by atoms with Crippen LogP contribution >= 0.6 is 0 Å². The van der Waals surface area contributed by atoms with Crippen LogP contribution in [-0.2, 0) is 15.7 Å². The third kappa shape index (κ3) is 6.65. The van der Waals surface area contributed by atoms with E-state index in [9.17, 15) is 22.8 Å². The van der Waals surface area contributed by atoms with Crippen LogP contribution in [0.2, 0.25) is 0 Å². The lowest BCUT2D eigenvalue weighted by Gasteiger charge is -2.34. The van der Waals surface area contributed by atoms with E-state index in [0.29, 0.717) is 44.0 Å². The minimum absolute atomic E-state index is 0.0373. The number of aromatic nitrogens is 4. The molecule has 3 rings (SSSR count). The second-order valence-corrected chi connectivity index (χ2v) is 7.95. The van der Waals surface area contributed by atoms with Crippen molar-refractivity contribution >= 4 is 17.5 Å². The molecule has 0 saturated carbocycles. The molecular weight excluding hydrogens is 455 g/mol. The van der Waals surface area contributed by atoms with Crippen LogP contribution in [0.5, 0.6) is 0 Å². The lowest BCUT2D eigenvalue weighted by atomic mass is 10.2. The third-order valence-electron chi connectivity index (χ3n) is 5.62. The molecule has 0 bridgehead atoms. The number of anilines is 2. The van der Waals surface area contributed by atoms with Gasteiger partial charge in [0.15, 0.2) is 0 Å². The van der Waals surface area contributed by atoms with Gasteiger partial charge in [0.2, 0.25) is 11.9 Å². The average Bonchev–Trinajstić information content (AvgIpc) is 2.83. The molecule has 186 valence electrons. The van der Waals surface area contributed by atoms with Gasteiger partial charge >= 0.3 is 6.18 Å². The Hall–Kier alpha value is -3.22. The molecule has 3 heterocycles. The van der Waals surface area contributed by atoms with Crippen molar-refractivity contribution in [1.82, 2.24) is 25.1 Å². The molecule has 1 saturated heterocycles. The summed E-state index contributed by atoms with van der Waals surface area (Å²) in [4.78, 5) is 35.2. The van der Waals surface area contributed by atoms with E-state index in [0.717, 1.165) is 18.8 Å². The fourth-order valence-electron chi connectivity index (χ4n) is 3.42. The third-order valence-corrected chi connectivity index (χ3v) is 5.62. The first-order chi connectivity index (χ1) is 16.2. The lowest BCUT2D eigenvalue weighted by molar-refractivity contribution is -0.138. The molecule has 2 aromatic heterocycles. The van der Waals surface area contributed by atoms with Gasteiger partial charge in [-0.1, -0.05) is 6.92 Å². The van der Waals surface area contributed by atoms with Crippen LogP contribution in [0.25, 0.3) is 0 Å². The van der Waals surface area contributed by atoms with Crippen molar-refractivity contribution in [3.05, 3.63) is 40.1 Å². The zero-order chi connectivity index (χ0) is 24.7. The Labute approximate surface area is 194 Å². The van der Waals surface area contributed by atoms with Gasteiger partial charge in [0.05, 0.1) is 37.1 Å². The number of hydrogen-bond acceptors (Lipinski definition) is 8. The average molecular weight is 483 g/mol. The summed E-state index contributed by atoms with van der Waals surface area (Å²) in [6.45, 7) is 6.04. The molecule has 0 unspecified atom stereocenters. The van der Waals surface area contributed by atoms with Gasteiger partial charge in [-0.25, -0.2) is 15.1 Å². The number of amides is 1. The standard InChI is InChI=1S/C21H28F3N7O3/c1-3-16(28-17-12-27-29-19(33)14(17)2)13-34-9-4-18(32)30-5-7-31(8-6-30)20-25-10-15(11-26-20)21(22,23)24/h10-12,16H,3-9,13H2,1-2H3,(H2,28,29,33)/t16-/m0/s1. The number of carbonyl (C=O) groups excluding carboxylic acids is 1. The van der Waals surface area contributed by atoms with Crippen molar-refractivity contribution in [2.75, 3.05) is 49.6 Å². The maximum atomic E-state index is 12.7. The predicted octanol–water partition coefficient (Wildman–Crippen LogP) is 1.83. The van der Waals surface area contributed by atoms with Crippen LogP contribution in [0.4, 0.5) is 24.8 Å². The van der Waals surface area contributed by atoms with E-state index in [1.165, 1.54) is 0 Å². The summed E-state index contributed by atoms with van der Waals surface area (Å²) in [6.07, 6.45) is -0.409. The predicted molar refractivity (Wildman–Crippen MR) is 119 cm³/mol. The van der Waals surface area contributed by atoms with Crippen molar-refractivity contribution in [2.24, 2.45) is 0 Å². The van der Waals surface area contributed by atoms with E-state index in [2.05, 4.69) is 25.5 Å². The van der Waals surface area contributed by atoms with Crippen LogP contribution in [-0.4, -0.2) is 76.4 Å². The van der Waals surface area contributed by atoms with Crippen LogP contribution in [0.15, 0.2) is 23.4 Å². The van der Waals surface area contributed by atoms with Gasteiger partial charge in [0.25, 0.3) is 5.56 Å². The number of piperazine rings is 1. The largest absolute Gasteiger partial charge is 0.419 e. The Morgan fingerprint density at radius 3 is 2.50 bits per heavy atom. The van der Waals surface area contributed by atoms with Crippen LogP contribution in [0, 0.1) is 6.92 Å². The fourth-order valence-corrected chi connectivity index (χ4v) is 3.42. The van der Waals surface area contributed by atoms with Crippen molar-refractivity contribution < 1.29 is 22.7 Å². The zero-order valence-corrected chi connectivity index (χ0v) is 19.1. The van der Waals surface area contributed by atoms with Crippen molar-refractivity contribution in [3.8, 4) is 0 Å². The molecule has 0 aliphatic carbocycles. The van der Waals surface area contributed by atoms with Gasteiger partial charge in [0.1, 0.15) is 0 Å². The molecule has 1 amide bonds. The molecule has 1 fully saturated rings. The molecule has 34 heavy (non-hydrogen) atoms. The molecule has 13 heteroatoms. The van der Waals surface area contributed by atoms with Crippen molar-refractivity contribution in [1.29, 1.82) is 0 Å². The number of hydrogen-bond donors (Lipinski definition) is 2. The van der Waals surface area contributed by atoms with E-state index >= 15 is 0 Å². The number of aromatic amines is 1. The van der Waals surface area contributed by atoms with Crippen molar-refractivity contribution in [3.63, 3.8) is 0 Å². The van der Waals surface area contributed by atoms with E-state index in [-0.39, 0.29) is 36.5 Å². The minimum Gasteiger partial charge on any atom is -0.379 e. The first-order valence-corrected chi connectivity index (χ1v) is 11.0. The van der Waals surface area contributed by atoms with Gasteiger partial charge in [-0.05, 0) is 13.3 Å². The van der Waals surface area contributed by atoms with Crippen molar-refractivity contribution in [2.45, 2.75) is 38.9 Å². The minimum atomic E-state index is -4.48. The number of rotatable bonds is 9. The second-order valence-electron chi connectivity index (χ2n) is 7.95. The summed E-state index contributed by atoms with van der Waals surface area (Å²) in [6, 6.07) is -0.0373. The van der Waals surface area contributed by atoms with Gasteiger partial charge in [-0.3, -0.25) is 9.59 Å². The first kappa shape index (κ1) is 25.4. The quantitative estimate of drug-likeness (QED) is 0.519. The Balaban J connectivity index is 1.39. The molecule has 1 aliphatic rings. The number of halogens is 3. The highest BCUT2D eigenvalue weighted by Crippen LogP contribution is 2.28. The van der Waals surface area contributed by atoms with Gasteiger partial charge in [-0.2, -0.15) is 18.3 Å². The SMILES string of the molecule is CC[C@@H](COCCC(=O)N1CCN(c2ncc(C(F)(F)F)cn2)CC1)Nc1cn[nH]c(=O)c1C. The van der Waals surface area contributed by atoms with E-state index in [1.54, 1.807) is 22.9 Å². The maximum Gasteiger partial charge on any atom is 0.419 e. The monoisotopic (exact) mass is 483 g/mol. The molecule has 0 aromatic carbocycles. The Bertz CT molecular complexity index is 1010. The highest BCUT2D eigenvalue weighted by atomic mass is 19.4. The molecule has 2 aromatic rings. The summed E-state index contributed by atoms with van der Waals surface area (Å²) in [7, 11) is 0. The summed E-state index contributed by atoms with van der Waals surface area (Å²) < 4.78 is 43.6. The second kappa shape index (κ2) is 11.3. The van der Waals surface area contributed by atoms with E-state index in [4.69, 9.17) is 4.74 Å².